The van der Waals surface area contributed by atoms with Crippen LogP contribution in [0.5, 0.6) is 5.75 Å². The Morgan fingerprint density at radius 2 is 1.75 bits per heavy atom. The third-order valence-electron chi connectivity index (χ3n) is 5.41. The van der Waals surface area contributed by atoms with Gasteiger partial charge in [0.05, 0.1) is 13.3 Å². The molecule has 3 heteroatoms. The Bertz CT molecular complexity index is 767. The largest absolute Gasteiger partial charge is 0.496 e. The molecule has 3 rings (SSSR count). The molecule has 1 aromatic heterocycles. The molecule has 0 N–H and O–H groups in total. The minimum Gasteiger partial charge on any atom is -0.496 e. The van der Waals surface area contributed by atoms with Crippen LogP contribution in [-0.4, -0.2) is 12.3 Å². The number of methoxy groups -OCH3 is 1. The summed E-state index contributed by atoms with van der Waals surface area (Å²) in [4.78, 5) is 0. The number of nitrogens with zero attached hydrogens (tertiary/aromatic N) is 1. The highest BCUT2D eigenvalue weighted by Gasteiger charge is 2.37. The highest BCUT2D eigenvalue weighted by molar-refractivity contribution is 5.82. The smallest absolute Gasteiger partial charge is 0.159 e. The molecule has 2 aromatic rings. The predicted octanol–water partition coefficient (Wildman–Crippen LogP) is 5.59. The molecule has 0 spiro atoms. The predicted molar refractivity (Wildman–Crippen MR) is 98.3 cm³/mol. The molecular formula is C21H27NO2. The lowest BCUT2D eigenvalue weighted by Gasteiger charge is -2.42. The lowest BCUT2D eigenvalue weighted by Crippen LogP contribution is -2.34. The molecule has 0 radical (unpaired) electrons. The van der Waals surface area contributed by atoms with Crippen molar-refractivity contribution in [3.05, 3.63) is 46.8 Å². The third kappa shape index (κ3) is 2.88. The number of hydrogen-bond donors (Lipinski definition) is 0. The molecule has 0 unspecified atom stereocenters. The van der Waals surface area contributed by atoms with E-state index in [0.29, 0.717) is 0 Å². The SMILES string of the molecule is COc1cc2c(cc1/C(C)=C/c1ccno1)C(C)(C)CCC2(C)C. The van der Waals surface area contributed by atoms with Crippen LogP contribution in [0.1, 0.15) is 69.9 Å². The summed E-state index contributed by atoms with van der Waals surface area (Å²) in [6, 6.07) is 6.42. The molecule has 0 aliphatic heterocycles. The number of benzene rings is 1. The second-order valence-corrected chi connectivity index (χ2v) is 8.11. The lowest BCUT2D eigenvalue weighted by molar-refractivity contribution is 0.328. The Hall–Kier alpha value is -2.03. The molecule has 0 fully saturated rings. The molecule has 0 bridgehead atoms. The van der Waals surface area contributed by atoms with E-state index >= 15 is 0 Å². The van der Waals surface area contributed by atoms with E-state index in [1.165, 1.54) is 24.0 Å². The molecule has 0 saturated carbocycles. The van der Waals surface area contributed by atoms with E-state index < -0.39 is 0 Å². The molecule has 1 heterocycles. The van der Waals surface area contributed by atoms with Crippen molar-refractivity contribution in [2.45, 2.75) is 58.3 Å². The van der Waals surface area contributed by atoms with Crippen LogP contribution in [0.15, 0.2) is 28.9 Å². The fourth-order valence-electron chi connectivity index (χ4n) is 3.66. The lowest BCUT2D eigenvalue weighted by atomic mass is 9.62. The van der Waals surface area contributed by atoms with Crippen molar-refractivity contribution in [3.63, 3.8) is 0 Å². The van der Waals surface area contributed by atoms with Crippen molar-refractivity contribution < 1.29 is 9.26 Å². The van der Waals surface area contributed by atoms with Crippen LogP contribution in [0.4, 0.5) is 0 Å². The summed E-state index contributed by atoms with van der Waals surface area (Å²) in [5.74, 6) is 1.68. The summed E-state index contributed by atoms with van der Waals surface area (Å²) < 4.78 is 10.9. The molecule has 0 saturated heterocycles. The number of hydrogen-bond acceptors (Lipinski definition) is 3. The van der Waals surface area contributed by atoms with Crippen LogP contribution in [0.2, 0.25) is 0 Å². The molecule has 3 nitrogen and oxygen atoms in total. The Labute approximate surface area is 144 Å². The van der Waals surface area contributed by atoms with Gasteiger partial charge >= 0.3 is 0 Å². The fraction of sp³-hybridized carbons (Fsp3) is 0.476. The maximum absolute atomic E-state index is 5.73. The summed E-state index contributed by atoms with van der Waals surface area (Å²) in [6.07, 6.45) is 6.07. The standard InChI is InChI=1S/C21H27NO2/c1-14(11-15-7-10-22-24-15)16-12-17-18(13-19(16)23-6)21(4,5)9-8-20(17,2)3/h7,10-13H,8-9H2,1-6H3/b14-11+. The maximum Gasteiger partial charge on any atom is 0.159 e. The normalized spacial score (nSPS) is 19.0. The topological polar surface area (TPSA) is 35.3 Å². The van der Waals surface area contributed by atoms with Crippen molar-refractivity contribution in [1.29, 1.82) is 0 Å². The molecule has 128 valence electrons. The van der Waals surface area contributed by atoms with Gasteiger partial charge in [0.15, 0.2) is 5.76 Å². The number of rotatable bonds is 3. The first kappa shape index (κ1) is 16.8. The van der Waals surface area contributed by atoms with Crippen molar-refractivity contribution in [2.75, 3.05) is 7.11 Å². The Kier molecular flexibility index (Phi) is 4.06. The first-order valence-electron chi connectivity index (χ1n) is 8.57. The molecule has 0 atom stereocenters. The van der Waals surface area contributed by atoms with E-state index in [4.69, 9.17) is 9.26 Å². The first-order chi connectivity index (χ1) is 11.2. The number of fused-ring (bicyclic) bond motifs is 1. The number of allylic oxidation sites excluding steroid dienone is 1. The van der Waals surface area contributed by atoms with Crippen molar-refractivity contribution >= 4 is 11.6 Å². The number of ether oxygens (including phenoxy) is 1. The highest BCUT2D eigenvalue weighted by atomic mass is 16.5. The van der Waals surface area contributed by atoms with Gasteiger partial charge in [-0.3, -0.25) is 0 Å². The van der Waals surface area contributed by atoms with Gasteiger partial charge in [0.2, 0.25) is 0 Å². The second-order valence-electron chi connectivity index (χ2n) is 8.11. The Balaban J connectivity index is 2.18. The molecular weight excluding hydrogens is 298 g/mol. The summed E-state index contributed by atoms with van der Waals surface area (Å²) >= 11 is 0. The van der Waals surface area contributed by atoms with E-state index in [0.717, 1.165) is 22.6 Å². The quantitative estimate of drug-likeness (QED) is 0.737. The first-order valence-corrected chi connectivity index (χ1v) is 8.57. The molecule has 0 amide bonds. The third-order valence-corrected chi connectivity index (χ3v) is 5.41. The van der Waals surface area contributed by atoms with Gasteiger partial charge in [-0.25, -0.2) is 0 Å². The van der Waals surface area contributed by atoms with E-state index in [9.17, 15) is 0 Å². The summed E-state index contributed by atoms with van der Waals surface area (Å²) in [5.41, 5.74) is 5.44. The number of aromatic nitrogens is 1. The highest BCUT2D eigenvalue weighted by Crippen LogP contribution is 2.48. The Morgan fingerprint density at radius 1 is 1.12 bits per heavy atom. The fourth-order valence-corrected chi connectivity index (χ4v) is 3.66. The van der Waals surface area contributed by atoms with Crippen LogP contribution in [0.3, 0.4) is 0 Å². The van der Waals surface area contributed by atoms with E-state index in [2.05, 4.69) is 51.9 Å². The van der Waals surface area contributed by atoms with Crippen LogP contribution in [0.25, 0.3) is 11.6 Å². The van der Waals surface area contributed by atoms with Gasteiger partial charge in [-0.2, -0.15) is 0 Å². The Morgan fingerprint density at radius 3 is 2.29 bits per heavy atom. The van der Waals surface area contributed by atoms with Crippen LogP contribution >= 0.6 is 0 Å². The maximum atomic E-state index is 5.73. The van der Waals surface area contributed by atoms with Crippen LogP contribution in [-0.2, 0) is 10.8 Å². The zero-order valence-electron chi connectivity index (χ0n) is 15.6. The summed E-state index contributed by atoms with van der Waals surface area (Å²) in [6.45, 7) is 11.4. The molecule has 1 aliphatic carbocycles. The summed E-state index contributed by atoms with van der Waals surface area (Å²) in [7, 11) is 1.74. The van der Waals surface area contributed by atoms with Crippen molar-refractivity contribution in [3.8, 4) is 5.75 Å². The second kappa shape index (κ2) is 5.80. The molecule has 1 aromatic carbocycles. The monoisotopic (exact) mass is 325 g/mol. The van der Waals surface area contributed by atoms with E-state index in [1.807, 2.05) is 12.1 Å². The van der Waals surface area contributed by atoms with Crippen LogP contribution in [0, 0.1) is 0 Å². The van der Waals surface area contributed by atoms with Gasteiger partial charge in [-0.1, -0.05) is 32.9 Å². The van der Waals surface area contributed by atoms with Gasteiger partial charge in [-0.15, -0.1) is 0 Å². The van der Waals surface area contributed by atoms with Gasteiger partial charge in [-0.05, 0) is 65.5 Å². The zero-order valence-corrected chi connectivity index (χ0v) is 15.6. The average molecular weight is 325 g/mol. The van der Waals surface area contributed by atoms with Crippen molar-refractivity contribution in [1.82, 2.24) is 5.16 Å². The molecule has 1 aliphatic rings. The van der Waals surface area contributed by atoms with Gasteiger partial charge in [0.1, 0.15) is 5.75 Å². The van der Waals surface area contributed by atoms with Crippen molar-refractivity contribution in [2.24, 2.45) is 0 Å². The molecule has 24 heavy (non-hydrogen) atoms. The van der Waals surface area contributed by atoms with E-state index in [1.54, 1.807) is 13.3 Å². The minimum absolute atomic E-state index is 0.179. The minimum atomic E-state index is 0.179. The van der Waals surface area contributed by atoms with Gasteiger partial charge < -0.3 is 9.26 Å². The zero-order chi connectivity index (χ0) is 17.5. The van der Waals surface area contributed by atoms with Gasteiger partial charge in [0, 0.05) is 11.6 Å². The van der Waals surface area contributed by atoms with Crippen LogP contribution < -0.4 is 4.74 Å². The van der Waals surface area contributed by atoms with E-state index in [-0.39, 0.29) is 10.8 Å². The van der Waals surface area contributed by atoms with Gasteiger partial charge in [0.25, 0.3) is 0 Å². The average Bonchev–Trinajstić information content (AvgIpc) is 3.03. The summed E-state index contributed by atoms with van der Waals surface area (Å²) in [5, 5.41) is 3.77.